The summed E-state index contributed by atoms with van der Waals surface area (Å²) in [4.78, 5) is 32.3. The largest absolute Gasteiger partial charge is 0.462 e. The Balaban J connectivity index is 1.86. The average Bonchev–Trinajstić information content (AvgIpc) is 3.36. The van der Waals surface area contributed by atoms with E-state index in [1.165, 1.54) is 34.8 Å². The SMILES string of the molecule is CC1=C(C(=O)OCC(C)C)[C@@H](c2cccs2)n2c(s/c(=C\c3ccc(F)cc3)c2=O)=N1. The first kappa shape index (κ1) is 21.4. The lowest BCUT2D eigenvalue weighted by Gasteiger charge is -2.23. The molecule has 0 spiro atoms. The number of fused-ring (bicyclic) bond motifs is 1. The third-order valence-corrected chi connectivity index (χ3v) is 6.68. The second-order valence-electron chi connectivity index (χ2n) is 7.64. The maximum Gasteiger partial charge on any atom is 0.338 e. The highest BCUT2D eigenvalue weighted by Crippen LogP contribution is 2.33. The molecule has 1 aromatic carbocycles. The van der Waals surface area contributed by atoms with Gasteiger partial charge >= 0.3 is 5.97 Å². The highest BCUT2D eigenvalue weighted by atomic mass is 32.1. The van der Waals surface area contributed by atoms with Gasteiger partial charge in [0, 0.05) is 4.88 Å². The van der Waals surface area contributed by atoms with Crippen molar-refractivity contribution in [2.75, 3.05) is 6.61 Å². The Morgan fingerprint density at radius 2 is 2.03 bits per heavy atom. The number of hydrogen-bond acceptors (Lipinski definition) is 6. The van der Waals surface area contributed by atoms with E-state index in [1.54, 1.807) is 29.7 Å². The summed E-state index contributed by atoms with van der Waals surface area (Å²) >= 11 is 2.72. The van der Waals surface area contributed by atoms with Crippen molar-refractivity contribution in [3.8, 4) is 0 Å². The van der Waals surface area contributed by atoms with Crippen LogP contribution in [0.15, 0.2) is 62.8 Å². The van der Waals surface area contributed by atoms with E-state index in [0.29, 0.717) is 32.8 Å². The van der Waals surface area contributed by atoms with Crippen LogP contribution in [0.4, 0.5) is 4.39 Å². The molecule has 0 amide bonds. The number of carbonyl (C=O) groups is 1. The summed E-state index contributed by atoms with van der Waals surface area (Å²) in [5, 5.41) is 1.91. The molecular weight excluding hydrogens is 435 g/mol. The molecule has 1 atom stereocenters. The van der Waals surface area contributed by atoms with Gasteiger partial charge in [-0.3, -0.25) is 9.36 Å². The Morgan fingerprint density at radius 1 is 1.29 bits per heavy atom. The number of ether oxygens (including phenoxy) is 1. The normalized spacial score (nSPS) is 16.4. The van der Waals surface area contributed by atoms with E-state index in [0.717, 1.165) is 4.88 Å². The molecule has 0 radical (unpaired) electrons. The minimum atomic E-state index is -0.591. The maximum absolute atomic E-state index is 13.4. The van der Waals surface area contributed by atoms with Crippen molar-refractivity contribution in [2.24, 2.45) is 10.9 Å². The fourth-order valence-electron chi connectivity index (χ4n) is 3.33. The molecule has 0 fully saturated rings. The Morgan fingerprint density at radius 3 is 2.68 bits per heavy atom. The smallest absolute Gasteiger partial charge is 0.338 e. The molecular formula is C23H21FN2O3S2. The minimum Gasteiger partial charge on any atom is -0.462 e. The first-order chi connectivity index (χ1) is 14.8. The van der Waals surface area contributed by atoms with Crippen molar-refractivity contribution in [3.63, 3.8) is 0 Å². The van der Waals surface area contributed by atoms with Crippen LogP contribution in [0, 0.1) is 11.7 Å². The molecule has 5 nitrogen and oxygen atoms in total. The van der Waals surface area contributed by atoms with Crippen molar-refractivity contribution in [2.45, 2.75) is 26.8 Å². The number of halogens is 1. The number of thiophene rings is 1. The van der Waals surface area contributed by atoms with Gasteiger partial charge in [0.1, 0.15) is 11.9 Å². The van der Waals surface area contributed by atoms with E-state index < -0.39 is 12.0 Å². The Kier molecular flexibility index (Phi) is 6.02. The summed E-state index contributed by atoms with van der Waals surface area (Å²) in [6.07, 6.45) is 1.71. The molecule has 3 heterocycles. The van der Waals surface area contributed by atoms with Crippen LogP contribution in [0.5, 0.6) is 0 Å². The topological polar surface area (TPSA) is 60.7 Å². The van der Waals surface area contributed by atoms with Gasteiger partial charge in [0.2, 0.25) is 0 Å². The Labute approximate surface area is 186 Å². The van der Waals surface area contributed by atoms with E-state index in [1.807, 2.05) is 31.4 Å². The number of nitrogens with zero attached hydrogens (tertiary/aromatic N) is 2. The van der Waals surface area contributed by atoms with E-state index in [4.69, 9.17) is 4.74 Å². The first-order valence-corrected chi connectivity index (χ1v) is 11.5. The summed E-state index contributed by atoms with van der Waals surface area (Å²) in [6.45, 7) is 6.00. The zero-order valence-corrected chi connectivity index (χ0v) is 18.9. The predicted molar refractivity (Wildman–Crippen MR) is 120 cm³/mol. The van der Waals surface area contributed by atoms with Crippen LogP contribution >= 0.6 is 22.7 Å². The van der Waals surface area contributed by atoms with Gasteiger partial charge in [-0.25, -0.2) is 14.2 Å². The molecule has 2 aromatic heterocycles. The lowest BCUT2D eigenvalue weighted by atomic mass is 10.0. The third kappa shape index (κ3) is 4.31. The molecule has 1 aliphatic heterocycles. The molecule has 1 aliphatic rings. The second kappa shape index (κ2) is 8.72. The van der Waals surface area contributed by atoms with Gasteiger partial charge in [0.15, 0.2) is 4.80 Å². The van der Waals surface area contributed by atoms with E-state index >= 15 is 0 Å². The number of esters is 1. The van der Waals surface area contributed by atoms with E-state index in [9.17, 15) is 14.0 Å². The number of hydrogen-bond donors (Lipinski definition) is 0. The Hall–Kier alpha value is -2.84. The monoisotopic (exact) mass is 456 g/mol. The van der Waals surface area contributed by atoms with Crippen LogP contribution in [0.1, 0.15) is 37.3 Å². The molecule has 3 aromatic rings. The van der Waals surface area contributed by atoms with E-state index in [-0.39, 0.29) is 17.3 Å². The minimum absolute atomic E-state index is 0.196. The quantitative estimate of drug-likeness (QED) is 0.551. The van der Waals surface area contributed by atoms with Gasteiger partial charge in [-0.15, -0.1) is 11.3 Å². The van der Waals surface area contributed by atoms with Gasteiger partial charge in [-0.2, -0.15) is 0 Å². The van der Waals surface area contributed by atoms with Crippen LogP contribution in [0.3, 0.4) is 0 Å². The second-order valence-corrected chi connectivity index (χ2v) is 9.63. The zero-order chi connectivity index (χ0) is 22.1. The molecule has 0 aliphatic carbocycles. The average molecular weight is 457 g/mol. The summed E-state index contributed by atoms with van der Waals surface area (Å²) in [5.41, 5.74) is 1.39. The van der Waals surface area contributed by atoms with E-state index in [2.05, 4.69) is 4.99 Å². The molecule has 0 saturated carbocycles. The highest BCUT2D eigenvalue weighted by Gasteiger charge is 2.34. The van der Waals surface area contributed by atoms with Gasteiger partial charge in [-0.1, -0.05) is 43.4 Å². The van der Waals surface area contributed by atoms with Crippen LogP contribution in [0.2, 0.25) is 0 Å². The van der Waals surface area contributed by atoms with Crippen molar-refractivity contribution in [1.29, 1.82) is 0 Å². The molecule has 160 valence electrons. The van der Waals surface area contributed by atoms with Gasteiger partial charge in [0.25, 0.3) is 5.56 Å². The van der Waals surface area contributed by atoms with Crippen LogP contribution in [-0.2, 0) is 9.53 Å². The molecule has 4 rings (SSSR count). The summed E-state index contributed by atoms with van der Waals surface area (Å²) < 4.78 is 20.8. The third-order valence-electron chi connectivity index (χ3n) is 4.77. The van der Waals surface area contributed by atoms with Crippen molar-refractivity contribution >= 4 is 34.7 Å². The summed E-state index contributed by atoms with van der Waals surface area (Å²) in [6, 6.07) is 9.14. The number of aromatic nitrogens is 1. The number of rotatable bonds is 5. The van der Waals surface area contributed by atoms with Crippen LogP contribution in [0.25, 0.3) is 6.08 Å². The lowest BCUT2D eigenvalue weighted by Crippen LogP contribution is -2.39. The van der Waals surface area contributed by atoms with Gasteiger partial charge in [-0.05, 0) is 48.1 Å². The Bertz CT molecular complexity index is 1320. The van der Waals surface area contributed by atoms with Crippen LogP contribution in [-0.4, -0.2) is 17.1 Å². The maximum atomic E-state index is 13.4. The summed E-state index contributed by atoms with van der Waals surface area (Å²) in [5.74, 6) is -0.598. The van der Waals surface area contributed by atoms with Gasteiger partial charge in [0.05, 0.1) is 22.4 Å². The fraction of sp³-hybridized carbons (Fsp3) is 0.261. The number of allylic oxidation sites excluding steroid dienone is 1. The lowest BCUT2D eigenvalue weighted by molar-refractivity contribution is -0.140. The van der Waals surface area contributed by atoms with Gasteiger partial charge < -0.3 is 4.74 Å². The predicted octanol–water partition coefficient (Wildman–Crippen LogP) is 3.64. The van der Waals surface area contributed by atoms with Crippen molar-refractivity contribution < 1.29 is 13.9 Å². The molecule has 0 unspecified atom stereocenters. The highest BCUT2D eigenvalue weighted by molar-refractivity contribution is 7.10. The zero-order valence-electron chi connectivity index (χ0n) is 17.3. The number of carbonyl (C=O) groups excluding carboxylic acids is 1. The molecule has 31 heavy (non-hydrogen) atoms. The van der Waals surface area contributed by atoms with Crippen molar-refractivity contribution in [1.82, 2.24) is 4.57 Å². The number of thiazole rings is 1. The van der Waals surface area contributed by atoms with Crippen LogP contribution < -0.4 is 14.9 Å². The number of benzene rings is 1. The molecule has 0 saturated heterocycles. The fourth-order valence-corrected chi connectivity index (χ4v) is 5.20. The van der Waals surface area contributed by atoms with Crippen molar-refractivity contribution in [3.05, 3.63) is 89.0 Å². The summed E-state index contributed by atoms with van der Waals surface area (Å²) in [7, 11) is 0. The first-order valence-electron chi connectivity index (χ1n) is 9.84. The molecule has 0 N–H and O–H groups in total. The standard InChI is InChI=1S/C23H21FN2O3S2/c1-13(2)12-29-22(28)19-14(3)25-23-26(20(19)17-5-4-10-30-17)21(27)18(31-23)11-15-6-8-16(24)9-7-15/h4-11,13,20H,12H2,1-3H3/b18-11-/t20-/m1/s1. The molecule has 8 heteroatoms. The molecule has 0 bridgehead atoms.